The number of likely N-dealkylation sites (N-methyl/N-ethyl adjacent to an activating group) is 1. The Labute approximate surface area is 180 Å². The monoisotopic (exact) mass is 501 g/mol. The summed E-state index contributed by atoms with van der Waals surface area (Å²) in [7, 11) is 4.36. The number of anilines is 1. The molecule has 2 heterocycles. The standard InChI is InChI=1S/C20H24FN3O3.HI/c1-24(2)8-3-6-22(7-9-24)18-11-17-14(10-16(18)21)19(25)15(20(26)27)12-23(17)13-4-5-13;/h10-13H,3-9H2,1-2H3;1H. The lowest BCUT2D eigenvalue weighted by Gasteiger charge is -2.28. The molecule has 1 aliphatic heterocycles. The fourth-order valence-electron chi connectivity index (χ4n) is 3.95. The van der Waals surface area contributed by atoms with Crippen molar-refractivity contribution >= 4 is 22.6 Å². The minimum atomic E-state index is -1.27. The van der Waals surface area contributed by atoms with Gasteiger partial charge in [0.15, 0.2) is 0 Å². The zero-order valence-electron chi connectivity index (χ0n) is 16.1. The van der Waals surface area contributed by atoms with Crippen molar-refractivity contribution in [2.24, 2.45) is 0 Å². The molecule has 0 bridgehead atoms. The number of aromatic carboxylic acids is 1. The van der Waals surface area contributed by atoms with Gasteiger partial charge >= 0.3 is 5.97 Å². The highest BCUT2D eigenvalue weighted by Gasteiger charge is 2.29. The van der Waals surface area contributed by atoms with Gasteiger partial charge in [-0.2, -0.15) is 0 Å². The Morgan fingerprint density at radius 2 is 1.93 bits per heavy atom. The molecule has 2 fully saturated rings. The molecular formula is C20H25FIN3O3. The van der Waals surface area contributed by atoms with Crippen LogP contribution in [0.2, 0.25) is 0 Å². The van der Waals surface area contributed by atoms with E-state index in [9.17, 15) is 19.1 Å². The van der Waals surface area contributed by atoms with Crippen LogP contribution in [-0.4, -0.2) is 60.4 Å². The molecule has 6 nitrogen and oxygen atoms in total. The van der Waals surface area contributed by atoms with E-state index in [2.05, 4.69) is 19.0 Å². The number of rotatable bonds is 3. The van der Waals surface area contributed by atoms with Crippen LogP contribution in [0.1, 0.15) is 35.7 Å². The maximum absolute atomic E-state index is 14.9. The minimum absolute atomic E-state index is 0. The first-order valence-electron chi connectivity index (χ1n) is 9.45. The first-order chi connectivity index (χ1) is 12.8. The second-order valence-corrected chi connectivity index (χ2v) is 8.36. The molecule has 0 atom stereocenters. The Morgan fingerprint density at radius 1 is 1.21 bits per heavy atom. The molecule has 2 aromatic rings. The number of carbonyl (C=O) groups is 1. The summed E-state index contributed by atoms with van der Waals surface area (Å²) in [5, 5.41) is 9.49. The number of benzene rings is 1. The smallest absolute Gasteiger partial charge is 0.341 e. The molecule has 1 saturated carbocycles. The maximum Gasteiger partial charge on any atom is 0.341 e. The summed E-state index contributed by atoms with van der Waals surface area (Å²) in [6, 6.07) is 3.15. The van der Waals surface area contributed by atoms with E-state index in [-0.39, 0.29) is 41.0 Å². The van der Waals surface area contributed by atoms with Crippen LogP contribution < -0.4 is 34.3 Å². The van der Waals surface area contributed by atoms with Gasteiger partial charge in [0, 0.05) is 30.6 Å². The van der Waals surface area contributed by atoms with Crippen molar-refractivity contribution in [1.82, 2.24) is 4.57 Å². The third-order valence-electron chi connectivity index (χ3n) is 5.78. The van der Waals surface area contributed by atoms with E-state index < -0.39 is 17.2 Å². The molecule has 28 heavy (non-hydrogen) atoms. The molecule has 4 rings (SSSR count). The summed E-state index contributed by atoms with van der Waals surface area (Å²) in [4.78, 5) is 26.1. The van der Waals surface area contributed by atoms with Crippen LogP contribution in [0.15, 0.2) is 23.1 Å². The first-order valence-corrected chi connectivity index (χ1v) is 9.45. The molecule has 1 aromatic heterocycles. The zero-order chi connectivity index (χ0) is 19.3. The van der Waals surface area contributed by atoms with Crippen LogP contribution in [-0.2, 0) is 0 Å². The minimum Gasteiger partial charge on any atom is -1.00 e. The van der Waals surface area contributed by atoms with Gasteiger partial charge in [0.05, 0.1) is 44.9 Å². The van der Waals surface area contributed by atoms with Crippen molar-refractivity contribution in [2.45, 2.75) is 25.3 Å². The van der Waals surface area contributed by atoms with Gasteiger partial charge < -0.3 is 43.0 Å². The quantitative estimate of drug-likeness (QED) is 0.454. The normalized spacial score (nSPS) is 19.2. The van der Waals surface area contributed by atoms with Gasteiger partial charge in [0.1, 0.15) is 11.4 Å². The lowest BCUT2D eigenvalue weighted by molar-refractivity contribution is -0.887. The number of carboxylic acids is 1. The third-order valence-corrected chi connectivity index (χ3v) is 5.78. The average molecular weight is 501 g/mol. The van der Waals surface area contributed by atoms with E-state index in [0.717, 1.165) is 49.9 Å². The van der Waals surface area contributed by atoms with Crippen molar-refractivity contribution in [3.05, 3.63) is 39.9 Å². The van der Waals surface area contributed by atoms with E-state index >= 15 is 0 Å². The highest BCUT2D eigenvalue weighted by atomic mass is 127. The Kier molecular flexibility index (Phi) is 5.73. The summed E-state index contributed by atoms with van der Waals surface area (Å²) >= 11 is 0. The molecule has 2 aliphatic rings. The van der Waals surface area contributed by atoms with E-state index in [1.54, 1.807) is 6.07 Å². The van der Waals surface area contributed by atoms with E-state index in [1.165, 1.54) is 12.3 Å². The molecule has 0 radical (unpaired) electrons. The van der Waals surface area contributed by atoms with Gasteiger partial charge in [-0.15, -0.1) is 0 Å². The molecule has 0 spiro atoms. The summed E-state index contributed by atoms with van der Waals surface area (Å²) in [6.45, 7) is 3.48. The molecule has 1 saturated heterocycles. The van der Waals surface area contributed by atoms with Crippen molar-refractivity contribution < 1.29 is 42.8 Å². The predicted octanol–water partition coefficient (Wildman–Crippen LogP) is -0.536. The summed E-state index contributed by atoms with van der Waals surface area (Å²) < 4.78 is 17.7. The number of hydrogen-bond acceptors (Lipinski definition) is 3. The Bertz CT molecular complexity index is 985. The average Bonchev–Trinajstić information content (AvgIpc) is 3.43. The zero-order valence-corrected chi connectivity index (χ0v) is 18.3. The molecule has 0 unspecified atom stereocenters. The predicted molar refractivity (Wildman–Crippen MR) is 102 cm³/mol. The lowest BCUT2D eigenvalue weighted by Crippen LogP contribution is -3.00. The number of quaternary nitrogens is 1. The van der Waals surface area contributed by atoms with Gasteiger partial charge in [-0.25, -0.2) is 9.18 Å². The van der Waals surface area contributed by atoms with Crippen LogP contribution in [0, 0.1) is 5.82 Å². The molecule has 152 valence electrons. The summed E-state index contributed by atoms with van der Waals surface area (Å²) in [6.07, 6.45) is 4.28. The van der Waals surface area contributed by atoms with Gasteiger partial charge in [-0.3, -0.25) is 4.79 Å². The van der Waals surface area contributed by atoms with Crippen molar-refractivity contribution in [3.63, 3.8) is 0 Å². The van der Waals surface area contributed by atoms with Crippen LogP contribution in [0.5, 0.6) is 0 Å². The Hall–Kier alpha value is -1.68. The van der Waals surface area contributed by atoms with Gasteiger partial charge in [0.25, 0.3) is 0 Å². The molecular weight excluding hydrogens is 476 g/mol. The third kappa shape index (κ3) is 3.89. The maximum atomic E-state index is 14.9. The number of fused-ring (bicyclic) bond motifs is 1. The molecule has 1 N–H and O–H groups in total. The van der Waals surface area contributed by atoms with Crippen molar-refractivity contribution in [1.29, 1.82) is 0 Å². The van der Waals surface area contributed by atoms with Crippen molar-refractivity contribution in [2.75, 3.05) is 45.2 Å². The Morgan fingerprint density at radius 3 is 2.57 bits per heavy atom. The fraction of sp³-hybridized carbons (Fsp3) is 0.500. The molecule has 1 aromatic carbocycles. The number of aromatic nitrogens is 1. The SMILES string of the molecule is C[N+]1(C)CCCN(c2cc3c(cc2F)c(=O)c(C(=O)O)cn3C2CC2)CC1.[I-]. The lowest BCUT2D eigenvalue weighted by atomic mass is 10.1. The number of halogens is 2. The number of carboxylic acid groups (broad SMARTS) is 1. The van der Waals surface area contributed by atoms with Gasteiger partial charge in [-0.1, -0.05) is 0 Å². The largest absolute Gasteiger partial charge is 1.00 e. The Balaban J connectivity index is 0.00000225. The fourth-order valence-corrected chi connectivity index (χ4v) is 3.95. The summed E-state index contributed by atoms with van der Waals surface area (Å²) in [5.41, 5.74) is 0.215. The highest BCUT2D eigenvalue weighted by Crippen LogP contribution is 2.38. The van der Waals surface area contributed by atoms with Crippen LogP contribution in [0.4, 0.5) is 10.1 Å². The summed E-state index contributed by atoms with van der Waals surface area (Å²) in [5.74, 6) is -1.73. The number of pyridine rings is 1. The van der Waals surface area contributed by atoms with Crippen LogP contribution in [0.3, 0.4) is 0 Å². The molecule has 1 aliphatic carbocycles. The van der Waals surface area contributed by atoms with Crippen molar-refractivity contribution in [3.8, 4) is 0 Å². The van der Waals surface area contributed by atoms with Gasteiger partial charge in [0.2, 0.25) is 5.43 Å². The second kappa shape index (κ2) is 7.62. The second-order valence-electron chi connectivity index (χ2n) is 8.36. The van der Waals surface area contributed by atoms with E-state index in [0.29, 0.717) is 11.2 Å². The van der Waals surface area contributed by atoms with Crippen LogP contribution in [0.25, 0.3) is 10.9 Å². The van der Waals surface area contributed by atoms with Gasteiger partial charge in [-0.05, 0) is 25.0 Å². The highest BCUT2D eigenvalue weighted by molar-refractivity contribution is 5.93. The number of hydrogen-bond donors (Lipinski definition) is 1. The van der Waals surface area contributed by atoms with E-state index in [4.69, 9.17) is 0 Å². The molecule has 0 amide bonds. The first kappa shape index (κ1) is 21.0. The van der Waals surface area contributed by atoms with E-state index in [1.807, 2.05) is 4.57 Å². The number of nitrogens with zero attached hydrogens (tertiary/aromatic N) is 3. The topological polar surface area (TPSA) is 62.5 Å². The molecule has 8 heteroatoms. The van der Waals surface area contributed by atoms with Crippen LogP contribution >= 0.6 is 0 Å².